The number of fused-ring (bicyclic) bond motifs is 3. The van der Waals surface area contributed by atoms with Gasteiger partial charge in [-0.2, -0.15) is 10.5 Å². The molecule has 0 aromatic heterocycles. The van der Waals surface area contributed by atoms with Crippen LogP contribution < -0.4 is 4.90 Å². The van der Waals surface area contributed by atoms with Gasteiger partial charge >= 0.3 is 11.9 Å². The van der Waals surface area contributed by atoms with Gasteiger partial charge in [-0.3, -0.25) is 4.79 Å². The van der Waals surface area contributed by atoms with Crippen LogP contribution in [0.4, 0.5) is 5.69 Å². The van der Waals surface area contributed by atoms with Gasteiger partial charge in [-0.25, -0.2) is 9.59 Å². The lowest BCUT2D eigenvalue weighted by molar-refractivity contribution is -0.144. The number of methoxy groups -OCH3 is 2. The summed E-state index contributed by atoms with van der Waals surface area (Å²) in [6, 6.07) is 19.1. The van der Waals surface area contributed by atoms with Crippen molar-refractivity contribution in [2.45, 2.75) is 24.9 Å². The number of para-hydroxylation sites is 1. The number of hydrogen-bond acceptors (Lipinski definition) is 8. The highest BCUT2D eigenvalue weighted by atomic mass is 16.5. The van der Waals surface area contributed by atoms with Gasteiger partial charge in [0.2, 0.25) is 5.91 Å². The van der Waals surface area contributed by atoms with Crippen LogP contribution in [0.5, 0.6) is 0 Å². The van der Waals surface area contributed by atoms with E-state index in [-0.39, 0.29) is 17.8 Å². The summed E-state index contributed by atoms with van der Waals surface area (Å²) >= 11 is 0. The summed E-state index contributed by atoms with van der Waals surface area (Å²) in [4.78, 5) is 44.8. The molecule has 0 fully saturated rings. The SMILES string of the molecule is COC(=O)C1=C(C(=O)OC)[C@]2(C(=O)N(Cc3ccccc3)c3ccccc32)C(C#N)(C#N)[C@H]2C=CC(C)=CN12. The molecule has 3 aliphatic rings. The number of anilines is 1. The first-order valence-corrected chi connectivity index (χ1v) is 12.2. The third-order valence-electron chi connectivity index (χ3n) is 7.56. The van der Waals surface area contributed by atoms with Crippen molar-refractivity contribution in [3.05, 3.63) is 101 Å². The zero-order chi connectivity index (χ0) is 27.9. The van der Waals surface area contributed by atoms with Crippen molar-refractivity contribution in [1.29, 1.82) is 10.5 Å². The molecule has 1 spiro atoms. The van der Waals surface area contributed by atoms with Crippen LogP contribution >= 0.6 is 0 Å². The first kappa shape index (κ1) is 25.5. The van der Waals surface area contributed by atoms with Crippen LogP contribution in [0.2, 0.25) is 0 Å². The second-order valence-electron chi connectivity index (χ2n) is 9.47. The first-order chi connectivity index (χ1) is 18.8. The fourth-order valence-electron chi connectivity index (χ4n) is 5.94. The fraction of sp³-hybridized carbons (Fsp3) is 0.233. The van der Waals surface area contributed by atoms with Crippen LogP contribution in [-0.2, 0) is 35.8 Å². The summed E-state index contributed by atoms with van der Waals surface area (Å²) < 4.78 is 10.2. The van der Waals surface area contributed by atoms with Crippen molar-refractivity contribution < 1.29 is 23.9 Å². The summed E-state index contributed by atoms with van der Waals surface area (Å²) in [7, 11) is 2.28. The van der Waals surface area contributed by atoms with Crippen molar-refractivity contribution in [3.8, 4) is 12.1 Å². The van der Waals surface area contributed by atoms with Crippen LogP contribution in [0, 0.1) is 28.1 Å². The average molecular weight is 521 g/mol. The molecule has 0 radical (unpaired) electrons. The van der Waals surface area contributed by atoms with E-state index in [4.69, 9.17) is 9.47 Å². The van der Waals surface area contributed by atoms with Crippen molar-refractivity contribution in [1.82, 2.24) is 4.90 Å². The number of amides is 1. The summed E-state index contributed by atoms with van der Waals surface area (Å²) in [5.74, 6) is -2.61. The fourth-order valence-corrected chi connectivity index (χ4v) is 5.94. The topological polar surface area (TPSA) is 124 Å². The highest BCUT2D eigenvalue weighted by Crippen LogP contribution is 2.62. The lowest BCUT2D eigenvalue weighted by atomic mass is 9.52. The molecule has 9 heteroatoms. The number of nitriles is 2. The number of ether oxygens (including phenoxy) is 2. The van der Waals surface area contributed by atoms with Crippen LogP contribution in [0.25, 0.3) is 0 Å². The van der Waals surface area contributed by atoms with E-state index in [0.29, 0.717) is 11.3 Å². The monoisotopic (exact) mass is 520 g/mol. The van der Waals surface area contributed by atoms with E-state index in [1.807, 2.05) is 30.3 Å². The molecule has 2 aromatic carbocycles. The molecule has 0 unspecified atom stereocenters. The van der Waals surface area contributed by atoms with E-state index in [2.05, 4.69) is 12.1 Å². The predicted octanol–water partition coefficient (Wildman–Crippen LogP) is 3.26. The quantitative estimate of drug-likeness (QED) is 0.563. The molecular formula is C30H24N4O5. The minimum absolute atomic E-state index is 0.108. The van der Waals surface area contributed by atoms with Crippen LogP contribution in [-0.4, -0.2) is 43.0 Å². The van der Waals surface area contributed by atoms with Gasteiger partial charge in [0.05, 0.1) is 44.5 Å². The maximum atomic E-state index is 14.9. The Labute approximate surface area is 225 Å². The Morgan fingerprint density at radius 1 is 0.974 bits per heavy atom. The number of hydrogen-bond donors (Lipinski definition) is 0. The van der Waals surface area contributed by atoms with Gasteiger partial charge in [0.25, 0.3) is 0 Å². The molecule has 3 heterocycles. The Hall–Kier alpha value is -5.15. The van der Waals surface area contributed by atoms with Gasteiger partial charge < -0.3 is 19.3 Å². The minimum atomic E-state index is -2.21. The second-order valence-corrected chi connectivity index (χ2v) is 9.47. The number of benzene rings is 2. The molecule has 3 aliphatic heterocycles. The summed E-state index contributed by atoms with van der Waals surface area (Å²) in [5, 5.41) is 21.7. The Morgan fingerprint density at radius 3 is 2.26 bits per heavy atom. The largest absolute Gasteiger partial charge is 0.466 e. The van der Waals surface area contributed by atoms with E-state index in [9.17, 15) is 24.9 Å². The zero-order valence-corrected chi connectivity index (χ0v) is 21.5. The Kier molecular flexibility index (Phi) is 6.08. The molecule has 0 bridgehead atoms. The van der Waals surface area contributed by atoms with Crippen LogP contribution in [0.15, 0.2) is 89.8 Å². The third kappa shape index (κ3) is 3.27. The summed E-state index contributed by atoms with van der Waals surface area (Å²) in [6.45, 7) is 1.87. The van der Waals surface area contributed by atoms with Gasteiger partial charge in [0, 0.05) is 11.9 Å². The van der Waals surface area contributed by atoms with Crippen molar-refractivity contribution >= 4 is 23.5 Å². The van der Waals surface area contributed by atoms with Gasteiger partial charge in [-0.15, -0.1) is 0 Å². The lowest BCUT2D eigenvalue weighted by Gasteiger charge is -2.51. The van der Waals surface area contributed by atoms with Crippen molar-refractivity contribution in [2.24, 2.45) is 5.41 Å². The predicted molar refractivity (Wildman–Crippen MR) is 139 cm³/mol. The van der Waals surface area contributed by atoms with Gasteiger partial charge in [-0.1, -0.05) is 60.7 Å². The van der Waals surface area contributed by atoms with Crippen LogP contribution in [0.1, 0.15) is 18.1 Å². The molecule has 1 amide bonds. The molecular weight excluding hydrogens is 496 g/mol. The molecule has 39 heavy (non-hydrogen) atoms. The first-order valence-electron chi connectivity index (χ1n) is 12.2. The van der Waals surface area contributed by atoms with Crippen molar-refractivity contribution in [2.75, 3.05) is 19.1 Å². The second kappa shape index (κ2) is 9.30. The van der Waals surface area contributed by atoms with Gasteiger partial charge in [0.1, 0.15) is 11.1 Å². The maximum Gasteiger partial charge on any atom is 0.355 e. The van der Waals surface area contributed by atoms with E-state index in [0.717, 1.165) is 19.8 Å². The molecule has 0 saturated carbocycles. The number of nitrogens with zero attached hydrogens (tertiary/aromatic N) is 4. The molecule has 2 atom stereocenters. The lowest BCUT2D eigenvalue weighted by Crippen LogP contribution is -2.66. The van der Waals surface area contributed by atoms with Crippen molar-refractivity contribution in [3.63, 3.8) is 0 Å². The number of rotatable bonds is 4. The number of allylic oxidation sites excluding steroid dienone is 2. The van der Waals surface area contributed by atoms with Gasteiger partial charge in [0.15, 0.2) is 5.41 Å². The van der Waals surface area contributed by atoms with E-state index in [1.54, 1.807) is 49.5 Å². The number of esters is 2. The number of carbonyl (C=O) groups is 3. The highest BCUT2D eigenvalue weighted by Gasteiger charge is 2.74. The Balaban J connectivity index is 1.95. The van der Waals surface area contributed by atoms with E-state index < -0.39 is 40.3 Å². The smallest absolute Gasteiger partial charge is 0.355 e. The molecule has 2 aromatic rings. The molecule has 5 rings (SSSR count). The minimum Gasteiger partial charge on any atom is -0.466 e. The van der Waals surface area contributed by atoms with E-state index >= 15 is 0 Å². The zero-order valence-electron chi connectivity index (χ0n) is 21.5. The molecule has 0 N–H and O–H groups in total. The normalized spacial score (nSPS) is 22.4. The standard InChI is InChI=1S/C30H24N4O5/c1-19-13-14-23-29(17-31,18-32)30(24(26(35)38-2)25(27(36)39-3)34(23)15-19)21-11-7-8-12-22(21)33(28(30)37)16-20-9-5-4-6-10-20/h4-15,23H,16H2,1-3H3/t23-,30-/m1/s1. The Bertz CT molecular complexity index is 1560. The summed E-state index contributed by atoms with van der Waals surface area (Å²) in [6.07, 6.45) is 4.88. The van der Waals surface area contributed by atoms with Crippen LogP contribution in [0.3, 0.4) is 0 Å². The third-order valence-corrected chi connectivity index (χ3v) is 7.56. The average Bonchev–Trinajstić information content (AvgIpc) is 3.21. The summed E-state index contributed by atoms with van der Waals surface area (Å²) in [5.41, 5.74) is -2.89. The molecule has 194 valence electrons. The highest BCUT2D eigenvalue weighted by molar-refractivity contribution is 6.19. The molecule has 0 aliphatic carbocycles. The van der Waals surface area contributed by atoms with Gasteiger partial charge in [-0.05, 0) is 29.7 Å². The van der Waals surface area contributed by atoms with E-state index in [1.165, 1.54) is 9.80 Å². The Morgan fingerprint density at radius 2 is 1.62 bits per heavy atom. The molecule has 0 saturated heterocycles. The number of carbonyl (C=O) groups excluding carboxylic acids is 3. The molecule has 9 nitrogen and oxygen atoms in total. The maximum absolute atomic E-state index is 14.9.